The molecule has 1 aromatic carbocycles. The molecule has 2 aromatic rings. The molecule has 0 aliphatic carbocycles. The standard InChI is InChI=1S/C15H19NOS/c1-9-6-15(17)10(2)5-14(9)16-8-13-7-11(3)18-12(13)4/h5-7,16-17H,8H2,1-4H3. The van der Waals surface area contributed by atoms with E-state index in [4.69, 9.17) is 0 Å². The molecule has 0 aliphatic heterocycles. The molecule has 1 aromatic heterocycles. The molecule has 2 N–H and O–H groups in total. The van der Waals surface area contributed by atoms with Crippen LogP contribution in [0.5, 0.6) is 5.75 Å². The van der Waals surface area contributed by atoms with Crippen molar-refractivity contribution in [2.24, 2.45) is 0 Å². The van der Waals surface area contributed by atoms with Crippen LogP contribution < -0.4 is 5.32 Å². The number of hydrogen-bond acceptors (Lipinski definition) is 3. The Morgan fingerprint density at radius 3 is 2.39 bits per heavy atom. The number of hydrogen-bond donors (Lipinski definition) is 2. The highest BCUT2D eigenvalue weighted by Crippen LogP contribution is 2.26. The molecular weight excluding hydrogens is 242 g/mol. The maximum atomic E-state index is 9.63. The fraction of sp³-hybridized carbons (Fsp3) is 0.333. The predicted octanol–water partition coefficient (Wildman–Crippen LogP) is 4.30. The third-order valence-corrected chi connectivity index (χ3v) is 4.16. The average molecular weight is 261 g/mol. The minimum absolute atomic E-state index is 0.362. The summed E-state index contributed by atoms with van der Waals surface area (Å²) < 4.78 is 0. The van der Waals surface area contributed by atoms with Crippen molar-refractivity contribution < 1.29 is 5.11 Å². The van der Waals surface area contributed by atoms with Gasteiger partial charge >= 0.3 is 0 Å². The summed E-state index contributed by atoms with van der Waals surface area (Å²) in [5.41, 5.74) is 4.42. The minimum atomic E-state index is 0.362. The van der Waals surface area contributed by atoms with Crippen molar-refractivity contribution in [2.45, 2.75) is 34.2 Å². The van der Waals surface area contributed by atoms with Crippen LogP contribution >= 0.6 is 11.3 Å². The van der Waals surface area contributed by atoms with Crippen LogP contribution in [0.1, 0.15) is 26.4 Å². The molecule has 0 amide bonds. The monoisotopic (exact) mass is 261 g/mol. The van der Waals surface area contributed by atoms with Crippen molar-refractivity contribution in [1.29, 1.82) is 0 Å². The molecular formula is C15H19NOS. The first-order chi connectivity index (χ1) is 8.47. The Kier molecular flexibility index (Phi) is 3.62. The van der Waals surface area contributed by atoms with Crippen LogP contribution in [-0.4, -0.2) is 5.11 Å². The molecule has 0 saturated carbocycles. The van der Waals surface area contributed by atoms with Crippen LogP contribution in [-0.2, 0) is 6.54 Å². The summed E-state index contributed by atoms with van der Waals surface area (Å²) >= 11 is 1.83. The summed E-state index contributed by atoms with van der Waals surface area (Å²) in [7, 11) is 0. The number of nitrogens with one attached hydrogen (secondary N) is 1. The third kappa shape index (κ3) is 2.67. The van der Waals surface area contributed by atoms with E-state index in [1.54, 1.807) is 0 Å². The van der Waals surface area contributed by atoms with Gasteiger partial charge < -0.3 is 10.4 Å². The number of aryl methyl sites for hydroxylation is 4. The lowest BCUT2D eigenvalue weighted by atomic mass is 10.1. The highest BCUT2D eigenvalue weighted by atomic mass is 32.1. The summed E-state index contributed by atoms with van der Waals surface area (Å²) in [6.07, 6.45) is 0. The van der Waals surface area contributed by atoms with E-state index in [-0.39, 0.29) is 0 Å². The van der Waals surface area contributed by atoms with Gasteiger partial charge in [0, 0.05) is 22.0 Å². The first-order valence-electron chi connectivity index (χ1n) is 6.07. The topological polar surface area (TPSA) is 32.3 Å². The van der Waals surface area contributed by atoms with Crippen LogP contribution in [0.3, 0.4) is 0 Å². The Morgan fingerprint density at radius 2 is 1.78 bits per heavy atom. The molecule has 1 heterocycles. The van der Waals surface area contributed by atoms with E-state index in [1.807, 2.05) is 37.3 Å². The van der Waals surface area contributed by atoms with Gasteiger partial charge in [0.1, 0.15) is 5.75 Å². The van der Waals surface area contributed by atoms with Gasteiger partial charge in [-0.25, -0.2) is 0 Å². The smallest absolute Gasteiger partial charge is 0.118 e. The second-order valence-electron chi connectivity index (χ2n) is 4.75. The quantitative estimate of drug-likeness (QED) is 0.807. The minimum Gasteiger partial charge on any atom is -0.508 e. The summed E-state index contributed by atoms with van der Waals surface area (Å²) in [5, 5.41) is 13.1. The Morgan fingerprint density at radius 1 is 1.06 bits per heavy atom. The molecule has 2 rings (SSSR count). The predicted molar refractivity (Wildman–Crippen MR) is 78.7 cm³/mol. The number of rotatable bonds is 3. The highest BCUT2D eigenvalue weighted by molar-refractivity contribution is 7.12. The number of aromatic hydroxyl groups is 1. The van der Waals surface area contributed by atoms with Crippen molar-refractivity contribution in [3.63, 3.8) is 0 Å². The van der Waals surface area contributed by atoms with Gasteiger partial charge in [0.25, 0.3) is 0 Å². The Bertz CT molecular complexity index is 572. The summed E-state index contributed by atoms with van der Waals surface area (Å²) in [6, 6.07) is 6.04. The summed E-state index contributed by atoms with van der Waals surface area (Å²) in [4.78, 5) is 2.72. The molecule has 18 heavy (non-hydrogen) atoms. The molecule has 0 atom stereocenters. The first kappa shape index (κ1) is 13.0. The van der Waals surface area contributed by atoms with Gasteiger partial charge in [-0.1, -0.05) is 0 Å². The van der Waals surface area contributed by atoms with Crippen LogP contribution in [0, 0.1) is 27.7 Å². The van der Waals surface area contributed by atoms with Gasteiger partial charge in [-0.05, 0) is 62.6 Å². The van der Waals surface area contributed by atoms with Crippen LogP contribution in [0.15, 0.2) is 18.2 Å². The highest BCUT2D eigenvalue weighted by Gasteiger charge is 2.06. The Hall–Kier alpha value is -1.48. The van der Waals surface area contributed by atoms with Gasteiger partial charge in [-0.3, -0.25) is 0 Å². The van der Waals surface area contributed by atoms with E-state index in [0.29, 0.717) is 5.75 Å². The summed E-state index contributed by atoms with van der Waals surface area (Å²) in [6.45, 7) is 9.05. The van der Waals surface area contributed by atoms with Gasteiger partial charge in [0.2, 0.25) is 0 Å². The lowest BCUT2D eigenvalue weighted by Gasteiger charge is -2.11. The van der Waals surface area contributed by atoms with Crippen molar-refractivity contribution in [3.05, 3.63) is 44.6 Å². The van der Waals surface area contributed by atoms with Gasteiger partial charge in [0.15, 0.2) is 0 Å². The Balaban J connectivity index is 2.15. The molecule has 0 radical (unpaired) electrons. The summed E-state index contributed by atoms with van der Waals surface area (Å²) in [5.74, 6) is 0.362. The molecule has 0 unspecified atom stereocenters. The first-order valence-corrected chi connectivity index (χ1v) is 6.89. The zero-order valence-electron chi connectivity index (χ0n) is 11.3. The largest absolute Gasteiger partial charge is 0.508 e. The van der Waals surface area contributed by atoms with Crippen LogP contribution in [0.4, 0.5) is 5.69 Å². The molecule has 0 fully saturated rings. The molecule has 0 saturated heterocycles. The van der Waals surface area contributed by atoms with Crippen molar-refractivity contribution in [2.75, 3.05) is 5.32 Å². The number of thiophene rings is 1. The third-order valence-electron chi connectivity index (χ3n) is 3.16. The zero-order chi connectivity index (χ0) is 13.3. The van der Waals surface area contributed by atoms with Gasteiger partial charge in [-0.15, -0.1) is 11.3 Å². The SMILES string of the molecule is Cc1cc(CNc2cc(C)c(O)cc2C)c(C)s1. The molecule has 96 valence electrons. The normalized spacial score (nSPS) is 10.7. The maximum Gasteiger partial charge on any atom is 0.118 e. The molecule has 0 aliphatic rings. The molecule has 0 bridgehead atoms. The van der Waals surface area contributed by atoms with Crippen molar-refractivity contribution >= 4 is 17.0 Å². The van der Waals surface area contributed by atoms with Gasteiger partial charge in [-0.2, -0.15) is 0 Å². The van der Waals surface area contributed by atoms with Crippen LogP contribution in [0.2, 0.25) is 0 Å². The Labute approximate surface area is 112 Å². The lowest BCUT2D eigenvalue weighted by molar-refractivity contribution is 0.471. The fourth-order valence-electron chi connectivity index (χ4n) is 2.04. The van der Waals surface area contributed by atoms with E-state index in [1.165, 1.54) is 15.3 Å². The molecule has 2 nitrogen and oxygen atoms in total. The van der Waals surface area contributed by atoms with Crippen molar-refractivity contribution in [1.82, 2.24) is 0 Å². The van der Waals surface area contributed by atoms with E-state index in [0.717, 1.165) is 23.4 Å². The van der Waals surface area contributed by atoms with Crippen molar-refractivity contribution in [3.8, 4) is 5.75 Å². The van der Waals surface area contributed by atoms with Crippen LogP contribution in [0.25, 0.3) is 0 Å². The number of benzene rings is 1. The van der Waals surface area contributed by atoms with E-state index in [9.17, 15) is 5.11 Å². The number of phenolic OH excluding ortho intramolecular Hbond substituents is 1. The van der Waals surface area contributed by atoms with Gasteiger partial charge in [0.05, 0.1) is 0 Å². The van der Waals surface area contributed by atoms with E-state index >= 15 is 0 Å². The molecule has 0 spiro atoms. The zero-order valence-corrected chi connectivity index (χ0v) is 12.1. The molecule has 3 heteroatoms. The average Bonchev–Trinajstić information content (AvgIpc) is 2.61. The fourth-order valence-corrected chi connectivity index (χ4v) is 2.99. The van der Waals surface area contributed by atoms with E-state index < -0.39 is 0 Å². The number of anilines is 1. The number of phenols is 1. The van der Waals surface area contributed by atoms with E-state index in [2.05, 4.69) is 25.2 Å². The second-order valence-corrected chi connectivity index (χ2v) is 6.21. The lowest BCUT2D eigenvalue weighted by Crippen LogP contribution is -2.01. The second kappa shape index (κ2) is 5.02. The maximum absolute atomic E-state index is 9.63.